The Morgan fingerprint density at radius 2 is 1.38 bits per heavy atom. The number of methoxy groups -OCH3 is 2. The van der Waals surface area contributed by atoms with Gasteiger partial charge in [0.05, 0.1) is 30.7 Å². The van der Waals surface area contributed by atoms with E-state index in [4.69, 9.17) is 21.1 Å². The van der Waals surface area contributed by atoms with Crippen molar-refractivity contribution >= 4 is 34.8 Å². The minimum atomic E-state index is -0.456. The number of carbonyl (C=O) groups is 2. The number of hydrogen-bond donors (Lipinski definition) is 0. The number of nitrogens with zero attached hydrogens (tertiary/aromatic N) is 2. The van der Waals surface area contributed by atoms with Gasteiger partial charge in [-0.2, -0.15) is 0 Å². The molecule has 3 rings (SSSR count). The Bertz CT molecular complexity index is 1080. The molecule has 2 amide bonds. The lowest BCUT2D eigenvalue weighted by Gasteiger charge is -2.07. The standard InChI is InChI=1S/C22H17ClN2O4/c1-28-17-7-3-5-14(11-17)21(26)24-16-9-10-20(19(23)13-16)25-22(27)15-6-4-8-18(12-15)29-2/h3-13H,1-2H3. The third-order valence-electron chi connectivity index (χ3n) is 4.02. The predicted octanol–water partition coefficient (Wildman–Crippen LogP) is 4.26. The van der Waals surface area contributed by atoms with Crippen LogP contribution in [0, 0.1) is 0 Å². The van der Waals surface area contributed by atoms with Crippen LogP contribution in [0.2, 0.25) is 0 Å². The van der Waals surface area contributed by atoms with E-state index < -0.39 is 11.8 Å². The van der Waals surface area contributed by atoms with Gasteiger partial charge in [0.1, 0.15) is 11.5 Å². The summed E-state index contributed by atoms with van der Waals surface area (Å²) in [5.41, 5.74) is 1.41. The van der Waals surface area contributed by atoms with Crippen molar-refractivity contribution in [2.24, 2.45) is 9.98 Å². The molecule has 0 saturated carbocycles. The average molecular weight is 409 g/mol. The minimum absolute atomic E-state index is 0.209. The summed E-state index contributed by atoms with van der Waals surface area (Å²) in [5, 5.41) is 0.209. The van der Waals surface area contributed by atoms with Gasteiger partial charge >= 0.3 is 0 Å². The van der Waals surface area contributed by atoms with E-state index in [1.54, 1.807) is 54.6 Å². The van der Waals surface area contributed by atoms with Gasteiger partial charge in [-0.1, -0.05) is 23.7 Å². The van der Waals surface area contributed by atoms with Crippen molar-refractivity contribution in [3.05, 3.63) is 82.9 Å². The fraction of sp³-hybridized carbons (Fsp3) is 0.0909. The zero-order valence-electron chi connectivity index (χ0n) is 15.8. The monoisotopic (exact) mass is 408 g/mol. The van der Waals surface area contributed by atoms with Crippen molar-refractivity contribution in [2.45, 2.75) is 0 Å². The van der Waals surface area contributed by atoms with Gasteiger partial charge in [-0.25, -0.2) is 9.98 Å². The lowest BCUT2D eigenvalue weighted by molar-refractivity contribution is 0.0994. The van der Waals surface area contributed by atoms with E-state index in [0.29, 0.717) is 28.3 Å². The first-order valence-electron chi connectivity index (χ1n) is 8.60. The number of hydrogen-bond acceptors (Lipinski definition) is 4. The van der Waals surface area contributed by atoms with Gasteiger partial charge < -0.3 is 9.47 Å². The van der Waals surface area contributed by atoms with Crippen LogP contribution in [-0.2, 0) is 0 Å². The summed E-state index contributed by atoms with van der Waals surface area (Å²) in [6, 6.07) is 13.4. The molecule has 0 N–H and O–H groups in total. The van der Waals surface area contributed by atoms with E-state index in [0.717, 1.165) is 0 Å². The molecular formula is C22H17ClN2O4. The van der Waals surface area contributed by atoms with Crippen LogP contribution in [0.3, 0.4) is 0 Å². The average Bonchev–Trinajstić information content (AvgIpc) is 2.75. The van der Waals surface area contributed by atoms with Crippen molar-refractivity contribution in [1.82, 2.24) is 0 Å². The molecule has 0 aromatic heterocycles. The fourth-order valence-corrected chi connectivity index (χ4v) is 2.74. The molecule has 0 saturated heterocycles. The van der Waals surface area contributed by atoms with Crippen LogP contribution in [0.15, 0.2) is 81.8 Å². The van der Waals surface area contributed by atoms with Crippen LogP contribution in [0.4, 0.5) is 0 Å². The number of ether oxygens (including phenoxy) is 2. The number of aliphatic imine (C=N–C) groups is 2. The summed E-state index contributed by atoms with van der Waals surface area (Å²) in [4.78, 5) is 32.8. The summed E-state index contributed by atoms with van der Waals surface area (Å²) in [6.07, 6.45) is 4.59. The van der Waals surface area contributed by atoms with Crippen LogP contribution in [0.5, 0.6) is 11.5 Å². The first kappa shape index (κ1) is 20.2. The number of rotatable bonds is 4. The molecule has 0 radical (unpaired) electrons. The van der Waals surface area contributed by atoms with E-state index in [2.05, 4.69) is 9.98 Å². The fourth-order valence-electron chi connectivity index (χ4n) is 2.52. The first-order chi connectivity index (χ1) is 14.0. The molecule has 29 heavy (non-hydrogen) atoms. The molecule has 2 aromatic rings. The van der Waals surface area contributed by atoms with E-state index in [1.165, 1.54) is 26.4 Å². The predicted molar refractivity (Wildman–Crippen MR) is 113 cm³/mol. The number of allylic oxidation sites excluding steroid dienone is 4. The molecule has 2 aromatic carbocycles. The van der Waals surface area contributed by atoms with E-state index in [9.17, 15) is 9.59 Å². The summed E-state index contributed by atoms with van der Waals surface area (Å²) in [7, 11) is 3.04. The smallest absolute Gasteiger partial charge is 0.277 e. The van der Waals surface area contributed by atoms with Gasteiger partial charge in [-0.15, -0.1) is 0 Å². The van der Waals surface area contributed by atoms with E-state index in [-0.39, 0.29) is 10.7 Å². The largest absolute Gasteiger partial charge is 0.497 e. The third-order valence-corrected chi connectivity index (χ3v) is 4.32. The summed E-state index contributed by atoms with van der Waals surface area (Å²) < 4.78 is 10.2. The molecule has 7 heteroatoms. The maximum atomic E-state index is 12.4. The molecule has 1 aliphatic carbocycles. The molecule has 0 bridgehead atoms. The lowest BCUT2D eigenvalue weighted by Crippen LogP contribution is -2.09. The molecule has 0 spiro atoms. The summed E-state index contributed by atoms with van der Waals surface area (Å²) in [5.74, 6) is 0.233. The second-order valence-electron chi connectivity index (χ2n) is 5.93. The zero-order valence-corrected chi connectivity index (χ0v) is 16.5. The van der Waals surface area contributed by atoms with Crippen molar-refractivity contribution < 1.29 is 19.1 Å². The molecule has 0 unspecified atom stereocenters. The number of benzene rings is 2. The highest BCUT2D eigenvalue weighted by Crippen LogP contribution is 2.18. The Balaban J connectivity index is 1.78. The maximum absolute atomic E-state index is 12.4. The van der Waals surface area contributed by atoms with Crippen LogP contribution in [-0.4, -0.2) is 37.5 Å². The van der Waals surface area contributed by atoms with Crippen molar-refractivity contribution in [2.75, 3.05) is 14.2 Å². The van der Waals surface area contributed by atoms with E-state index in [1.807, 2.05) is 0 Å². The zero-order chi connectivity index (χ0) is 20.8. The second kappa shape index (κ2) is 9.12. The molecule has 0 heterocycles. The van der Waals surface area contributed by atoms with Gasteiger partial charge in [0.15, 0.2) is 0 Å². The Morgan fingerprint density at radius 3 is 1.90 bits per heavy atom. The normalized spacial score (nSPS) is 15.9. The molecular weight excluding hydrogens is 392 g/mol. The van der Waals surface area contributed by atoms with Crippen molar-refractivity contribution in [3.8, 4) is 11.5 Å². The Labute approximate surface area is 172 Å². The second-order valence-corrected chi connectivity index (χ2v) is 6.34. The first-order valence-corrected chi connectivity index (χ1v) is 8.98. The molecule has 6 nitrogen and oxygen atoms in total. The lowest BCUT2D eigenvalue weighted by atomic mass is 10.1. The Kier molecular flexibility index (Phi) is 6.36. The Morgan fingerprint density at radius 1 is 0.828 bits per heavy atom. The SMILES string of the molecule is COc1cccc(C(=O)N=C2C=CC(=NC(=O)c3cccc(OC)c3)C(Cl)=C2)c1. The highest BCUT2D eigenvalue weighted by atomic mass is 35.5. The summed E-state index contributed by atoms with van der Waals surface area (Å²) >= 11 is 6.23. The number of carbonyl (C=O) groups excluding carboxylic acids is 2. The molecule has 1 aliphatic rings. The quantitative estimate of drug-likeness (QED) is 0.708. The third kappa shape index (κ3) is 5.06. The molecule has 146 valence electrons. The van der Waals surface area contributed by atoms with Crippen molar-refractivity contribution in [1.29, 1.82) is 0 Å². The van der Waals surface area contributed by atoms with Gasteiger partial charge in [-0.05, 0) is 54.6 Å². The van der Waals surface area contributed by atoms with Crippen LogP contribution >= 0.6 is 11.6 Å². The minimum Gasteiger partial charge on any atom is -0.497 e. The van der Waals surface area contributed by atoms with Gasteiger partial charge in [0.25, 0.3) is 11.8 Å². The van der Waals surface area contributed by atoms with Gasteiger partial charge in [0, 0.05) is 11.1 Å². The molecule has 0 fully saturated rings. The van der Waals surface area contributed by atoms with Crippen LogP contribution < -0.4 is 9.47 Å². The number of amides is 2. The van der Waals surface area contributed by atoms with Crippen molar-refractivity contribution in [3.63, 3.8) is 0 Å². The topological polar surface area (TPSA) is 77.3 Å². The van der Waals surface area contributed by atoms with E-state index >= 15 is 0 Å². The van der Waals surface area contributed by atoms with Gasteiger partial charge in [-0.3, -0.25) is 9.59 Å². The van der Waals surface area contributed by atoms with Crippen LogP contribution in [0.1, 0.15) is 20.7 Å². The summed E-state index contributed by atoms with van der Waals surface area (Å²) in [6.45, 7) is 0. The maximum Gasteiger partial charge on any atom is 0.277 e. The highest BCUT2D eigenvalue weighted by molar-refractivity contribution is 6.49. The molecule has 0 aliphatic heterocycles. The van der Waals surface area contributed by atoms with Crippen LogP contribution in [0.25, 0.3) is 0 Å². The highest BCUT2D eigenvalue weighted by Gasteiger charge is 2.14. The Hall–Kier alpha value is -3.51. The molecule has 0 atom stereocenters. The number of halogens is 1. The van der Waals surface area contributed by atoms with Gasteiger partial charge in [0.2, 0.25) is 0 Å².